The Labute approximate surface area is 85.9 Å². The van der Waals surface area contributed by atoms with Crippen LogP contribution in [0, 0.1) is 6.92 Å². The van der Waals surface area contributed by atoms with Crippen LogP contribution >= 0.6 is 11.6 Å². The molecule has 0 aliphatic carbocycles. The van der Waals surface area contributed by atoms with E-state index in [1.165, 1.54) is 6.07 Å². The first-order valence-electron chi connectivity index (χ1n) is 4.09. The average molecular weight is 210 g/mol. The van der Waals surface area contributed by atoms with Crippen molar-refractivity contribution in [2.24, 2.45) is 0 Å². The number of pyridine rings is 1. The summed E-state index contributed by atoms with van der Waals surface area (Å²) in [5, 5.41) is 18.4. The maximum atomic E-state index is 9.00. The second-order valence-corrected chi connectivity index (χ2v) is 3.50. The second-order valence-electron chi connectivity index (χ2n) is 3.09. The number of hydrogen-bond acceptors (Lipinski definition) is 3. The minimum atomic E-state index is -1.52. The molecule has 0 saturated carbocycles. The van der Waals surface area contributed by atoms with E-state index in [9.17, 15) is 0 Å². The molecule has 6 heteroatoms. The fourth-order valence-electron chi connectivity index (χ4n) is 1.32. The van der Waals surface area contributed by atoms with Crippen LogP contribution < -0.4 is 5.46 Å². The number of rotatable bonds is 1. The molecule has 4 nitrogen and oxygen atoms in total. The number of fused-ring (bicyclic) bond motifs is 1. The Morgan fingerprint density at radius 1 is 1.50 bits per heavy atom. The minimum Gasteiger partial charge on any atom is -0.423 e. The van der Waals surface area contributed by atoms with E-state index in [1.807, 2.05) is 6.92 Å². The van der Waals surface area contributed by atoms with Crippen molar-refractivity contribution in [1.82, 2.24) is 9.38 Å². The van der Waals surface area contributed by atoms with Gasteiger partial charge < -0.3 is 14.4 Å². The van der Waals surface area contributed by atoms with Crippen LogP contribution in [0.4, 0.5) is 0 Å². The SMILES string of the molecule is Cc1cnc2c(Cl)cc(B(O)O)cn12. The van der Waals surface area contributed by atoms with Gasteiger partial charge in [-0.05, 0) is 13.0 Å². The molecule has 0 bridgehead atoms. The summed E-state index contributed by atoms with van der Waals surface area (Å²) in [6, 6.07) is 1.49. The van der Waals surface area contributed by atoms with Crippen molar-refractivity contribution < 1.29 is 10.0 Å². The van der Waals surface area contributed by atoms with E-state index in [-0.39, 0.29) is 0 Å². The molecule has 0 aromatic carbocycles. The fourth-order valence-corrected chi connectivity index (χ4v) is 1.59. The Hall–Kier alpha value is -1.04. The van der Waals surface area contributed by atoms with E-state index in [0.29, 0.717) is 16.1 Å². The van der Waals surface area contributed by atoms with Gasteiger partial charge >= 0.3 is 7.12 Å². The van der Waals surface area contributed by atoms with Gasteiger partial charge in [0.2, 0.25) is 0 Å². The third-order valence-electron chi connectivity index (χ3n) is 2.07. The average Bonchev–Trinajstić information content (AvgIpc) is 2.48. The Kier molecular flexibility index (Phi) is 2.22. The smallest absolute Gasteiger partial charge is 0.423 e. The lowest BCUT2D eigenvalue weighted by Crippen LogP contribution is -2.30. The van der Waals surface area contributed by atoms with Crippen LogP contribution in [0.2, 0.25) is 5.02 Å². The zero-order chi connectivity index (χ0) is 10.3. The number of aromatic nitrogens is 2. The number of halogens is 1. The summed E-state index contributed by atoms with van der Waals surface area (Å²) < 4.78 is 1.72. The highest BCUT2D eigenvalue weighted by molar-refractivity contribution is 6.59. The summed E-state index contributed by atoms with van der Waals surface area (Å²) in [5.74, 6) is 0. The highest BCUT2D eigenvalue weighted by Gasteiger charge is 2.14. The first-order valence-corrected chi connectivity index (χ1v) is 4.46. The third kappa shape index (κ3) is 1.39. The lowest BCUT2D eigenvalue weighted by atomic mass is 9.82. The van der Waals surface area contributed by atoms with Crippen molar-refractivity contribution in [1.29, 1.82) is 0 Å². The topological polar surface area (TPSA) is 57.8 Å². The van der Waals surface area contributed by atoms with Gasteiger partial charge in [-0.15, -0.1) is 0 Å². The predicted octanol–water partition coefficient (Wildman–Crippen LogP) is -0.0241. The van der Waals surface area contributed by atoms with Gasteiger partial charge in [0.1, 0.15) is 0 Å². The van der Waals surface area contributed by atoms with Gasteiger partial charge in [0.25, 0.3) is 0 Å². The number of aryl methyl sites for hydroxylation is 1. The van der Waals surface area contributed by atoms with Crippen molar-refractivity contribution in [2.75, 3.05) is 0 Å². The molecular formula is C8H8BClN2O2. The molecule has 0 unspecified atom stereocenters. The van der Waals surface area contributed by atoms with E-state index in [0.717, 1.165) is 5.69 Å². The molecule has 0 aliphatic rings. The van der Waals surface area contributed by atoms with Gasteiger partial charge in [0.05, 0.1) is 5.02 Å². The summed E-state index contributed by atoms with van der Waals surface area (Å²) in [5.41, 5.74) is 1.86. The van der Waals surface area contributed by atoms with Crippen molar-refractivity contribution in [2.45, 2.75) is 6.92 Å². The van der Waals surface area contributed by atoms with Crippen LogP contribution in [-0.4, -0.2) is 26.6 Å². The molecule has 0 saturated heterocycles. The Bertz CT molecular complexity index is 483. The van der Waals surface area contributed by atoms with Crippen molar-refractivity contribution in [3.05, 3.63) is 29.2 Å². The molecule has 0 fully saturated rings. The van der Waals surface area contributed by atoms with Gasteiger partial charge in [-0.2, -0.15) is 0 Å². The molecule has 72 valence electrons. The van der Waals surface area contributed by atoms with Crippen LogP contribution in [0.5, 0.6) is 0 Å². The number of imidazole rings is 1. The quantitative estimate of drug-likeness (QED) is 0.650. The molecule has 0 aliphatic heterocycles. The molecule has 0 amide bonds. The van der Waals surface area contributed by atoms with Gasteiger partial charge in [-0.3, -0.25) is 0 Å². The first kappa shape index (κ1) is 9.52. The molecule has 2 aromatic heterocycles. The van der Waals surface area contributed by atoms with E-state index < -0.39 is 7.12 Å². The Morgan fingerprint density at radius 3 is 2.86 bits per heavy atom. The molecule has 2 aromatic rings. The molecule has 2 rings (SSSR count). The Morgan fingerprint density at radius 2 is 2.21 bits per heavy atom. The maximum Gasteiger partial charge on any atom is 0.490 e. The Balaban J connectivity index is 2.75. The summed E-state index contributed by atoms with van der Waals surface area (Å²) in [6.45, 7) is 1.86. The highest BCUT2D eigenvalue weighted by Crippen LogP contribution is 2.15. The molecular weight excluding hydrogens is 202 g/mol. The van der Waals surface area contributed by atoms with Crippen molar-refractivity contribution in [3.63, 3.8) is 0 Å². The van der Waals surface area contributed by atoms with E-state index in [1.54, 1.807) is 16.8 Å². The van der Waals surface area contributed by atoms with Gasteiger partial charge in [0.15, 0.2) is 5.65 Å². The van der Waals surface area contributed by atoms with Crippen LogP contribution in [0.15, 0.2) is 18.5 Å². The van der Waals surface area contributed by atoms with Crippen LogP contribution in [0.3, 0.4) is 0 Å². The van der Waals surface area contributed by atoms with Gasteiger partial charge in [-0.25, -0.2) is 4.98 Å². The third-order valence-corrected chi connectivity index (χ3v) is 2.34. The van der Waals surface area contributed by atoms with E-state index >= 15 is 0 Å². The molecule has 0 spiro atoms. The maximum absolute atomic E-state index is 9.00. The van der Waals surface area contributed by atoms with E-state index in [4.69, 9.17) is 21.6 Å². The van der Waals surface area contributed by atoms with Crippen LogP contribution in [0.25, 0.3) is 5.65 Å². The second kappa shape index (κ2) is 3.27. The number of nitrogens with zero attached hydrogens (tertiary/aromatic N) is 2. The molecule has 0 radical (unpaired) electrons. The van der Waals surface area contributed by atoms with Gasteiger partial charge in [0, 0.05) is 23.6 Å². The summed E-state index contributed by atoms with van der Waals surface area (Å²) in [6.07, 6.45) is 3.28. The van der Waals surface area contributed by atoms with Crippen molar-refractivity contribution in [3.8, 4) is 0 Å². The summed E-state index contributed by atoms with van der Waals surface area (Å²) in [7, 11) is -1.52. The monoisotopic (exact) mass is 210 g/mol. The molecule has 2 N–H and O–H groups in total. The van der Waals surface area contributed by atoms with Crippen molar-refractivity contribution >= 4 is 29.8 Å². The lowest BCUT2D eigenvalue weighted by molar-refractivity contribution is 0.425. The lowest BCUT2D eigenvalue weighted by Gasteiger charge is -2.03. The summed E-state index contributed by atoms with van der Waals surface area (Å²) in [4.78, 5) is 4.09. The standard InChI is InChI=1S/C8H8BClN2O2/c1-5-3-11-8-7(10)2-6(9(13)14)4-12(5)8/h2-4,13-14H,1H3. The summed E-state index contributed by atoms with van der Waals surface area (Å²) >= 11 is 5.91. The van der Waals surface area contributed by atoms with Crippen LogP contribution in [-0.2, 0) is 0 Å². The normalized spacial score (nSPS) is 10.9. The largest absolute Gasteiger partial charge is 0.490 e. The zero-order valence-electron chi connectivity index (χ0n) is 7.48. The first-order chi connectivity index (χ1) is 6.59. The molecule has 2 heterocycles. The molecule has 14 heavy (non-hydrogen) atoms. The predicted molar refractivity (Wildman–Crippen MR) is 54.8 cm³/mol. The van der Waals surface area contributed by atoms with E-state index in [2.05, 4.69) is 4.98 Å². The number of hydrogen-bond donors (Lipinski definition) is 2. The minimum absolute atomic E-state index is 0.351. The molecule has 0 atom stereocenters. The van der Waals surface area contributed by atoms with Crippen LogP contribution in [0.1, 0.15) is 5.69 Å². The zero-order valence-corrected chi connectivity index (χ0v) is 8.23. The van der Waals surface area contributed by atoms with Gasteiger partial charge in [-0.1, -0.05) is 11.6 Å². The highest BCUT2D eigenvalue weighted by atomic mass is 35.5. The fraction of sp³-hybridized carbons (Fsp3) is 0.125.